The molecule has 0 N–H and O–H groups in total. The van der Waals surface area contributed by atoms with Gasteiger partial charge in [-0.25, -0.2) is 0 Å². The van der Waals surface area contributed by atoms with Crippen LogP contribution in [0.15, 0.2) is 41.8 Å². The van der Waals surface area contributed by atoms with E-state index < -0.39 is 0 Å². The molecule has 0 aliphatic heterocycles. The fraction of sp³-hybridized carbons (Fsp3) is 0.200. The van der Waals surface area contributed by atoms with E-state index in [-0.39, 0.29) is 5.38 Å². The zero-order chi connectivity index (χ0) is 12.5. The van der Waals surface area contributed by atoms with Crippen LogP contribution >= 0.6 is 34.3 Å². The Morgan fingerprint density at radius 2 is 2.06 bits per heavy atom. The van der Waals surface area contributed by atoms with Crippen LogP contribution in [-0.2, 0) is 6.42 Å². The van der Waals surface area contributed by atoms with Gasteiger partial charge >= 0.3 is 0 Å². The second-order valence-electron chi connectivity index (χ2n) is 4.46. The maximum absolute atomic E-state index is 6.54. The van der Waals surface area contributed by atoms with Gasteiger partial charge < -0.3 is 0 Å². The molecule has 0 fully saturated rings. The first-order chi connectivity index (χ1) is 8.72. The van der Waals surface area contributed by atoms with Crippen LogP contribution in [0, 0.1) is 6.92 Å². The third-order valence-corrected chi connectivity index (χ3v) is 5.69. The highest BCUT2D eigenvalue weighted by Crippen LogP contribution is 2.37. The number of rotatable bonds is 3. The van der Waals surface area contributed by atoms with Crippen molar-refractivity contribution in [3.63, 3.8) is 0 Å². The lowest BCUT2D eigenvalue weighted by Gasteiger charge is -2.07. The molecule has 0 saturated heterocycles. The average Bonchev–Trinajstić information content (AvgIpc) is 2.88. The van der Waals surface area contributed by atoms with Gasteiger partial charge in [0.15, 0.2) is 0 Å². The predicted molar refractivity (Wildman–Crippen MR) is 83.2 cm³/mol. The molecule has 1 aromatic carbocycles. The number of benzene rings is 1. The Balaban J connectivity index is 1.82. The minimum Gasteiger partial charge on any atom is -0.143 e. The van der Waals surface area contributed by atoms with E-state index in [0.29, 0.717) is 0 Å². The van der Waals surface area contributed by atoms with Crippen molar-refractivity contribution in [2.45, 2.75) is 18.7 Å². The molecule has 0 saturated carbocycles. The first-order valence-electron chi connectivity index (χ1n) is 5.89. The molecule has 0 aliphatic carbocycles. The fourth-order valence-electron chi connectivity index (χ4n) is 2.09. The molecule has 18 heavy (non-hydrogen) atoms. The lowest BCUT2D eigenvalue weighted by atomic mass is 10.1. The van der Waals surface area contributed by atoms with E-state index in [2.05, 4.69) is 48.7 Å². The van der Waals surface area contributed by atoms with Crippen molar-refractivity contribution in [1.82, 2.24) is 0 Å². The van der Waals surface area contributed by atoms with Crippen molar-refractivity contribution in [1.29, 1.82) is 0 Å². The smallest absolute Gasteiger partial charge is 0.0719 e. The van der Waals surface area contributed by atoms with Crippen LogP contribution in [0.5, 0.6) is 0 Å². The number of halogens is 1. The molecular formula is C15H13ClS2. The Hall–Kier alpha value is -0.830. The SMILES string of the molecule is Cc1cccc(CC(Cl)c2cc3sccc3s2)c1. The van der Waals surface area contributed by atoms with Crippen molar-refractivity contribution in [3.8, 4) is 0 Å². The number of alkyl halides is 1. The molecule has 0 amide bonds. The average molecular weight is 293 g/mol. The Morgan fingerprint density at radius 3 is 2.83 bits per heavy atom. The Labute approximate surface area is 120 Å². The van der Waals surface area contributed by atoms with Crippen LogP contribution in [0.1, 0.15) is 21.4 Å². The third-order valence-electron chi connectivity index (χ3n) is 2.96. The van der Waals surface area contributed by atoms with E-state index in [1.54, 1.807) is 11.3 Å². The summed E-state index contributed by atoms with van der Waals surface area (Å²) in [6, 6.07) is 13.0. The molecule has 0 bridgehead atoms. The summed E-state index contributed by atoms with van der Waals surface area (Å²) in [5, 5.41) is 2.21. The molecule has 2 heterocycles. The van der Waals surface area contributed by atoms with Crippen LogP contribution < -0.4 is 0 Å². The molecule has 0 nitrogen and oxygen atoms in total. The molecule has 0 aliphatic rings. The van der Waals surface area contributed by atoms with Crippen LogP contribution in [0.4, 0.5) is 0 Å². The van der Waals surface area contributed by atoms with Gasteiger partial charge in [0.05, 0.1) is 5.38 Å². The molecule has 3 aromatic rings. The van der Waals surface area contributed by atoms with E-state index in [1.807, 2.05) is 11.3 Å². The Bertz CT molecular complexity index is 637. The van der Waals surface area contributed by atoms with Gasteiger partial charge in [0.25, 0.3) is 0 Å². The molecule has 1 unspecified atom stereocenters. The highest BCUT2D eigenvalue weighted by molar-refractivity contribution is 7.27. The Kier molecular flexibility index (Phi) is 3.42. The zero-order valence-corrected chi connectivity index (χ0v) is 12.4. The summed E-state index contributed by atoms with van der Waals surface area (Å²) in [6.45, 7) is 2.12. The molecule has 1 atom stereocenters. The van der Waals surface area contributed by atoms with Gasteiger partial charge in [0.1, 0.15) is 0 Å². The van der Waals surface area contributed by atoms with Crippen LogP contribution in [0.2, 0.25) is 0 Å². The van der Waals surface area contributed by atoms with Crippen LogP contribution in [-0.4, -0.2) is 0 Å². The maximum atomic E-state index is 6.54. The standard InChI is InChI=1S/C15H13ClS2/c1-10-3-2-4-11(7-10)8-12(16)14-9-15-13(18-14)5-6-17-15/h2-7,9,12H,8H2,1H3. The molecule has 92 valence electrons. The molecule has 0 radical (unpaired) electrons. The highest BCUT2D eigenvalue weighted by atomic mass is 35.5. The summed E-state index contributed by atoms with van der Waals surface area (Å²) in [6.07, 6.45) is 0.900. The van der Waals surface area contributed by atoms with E-state index in [0.717, 1.165) is 6.42 Å². The number of hydrogen-bond donors (Lipinski definition) is 0. The van der Waals surface area contributed by atoms with Crippen molar-refractivity contribution >= 4 is 43.7 Å². The highest BCUT2D eigenvalue weighted by Gasteiger charge is 2.13. The monoisotopic (exact) mass is 292 g/mol. The van der Waals surface area contributed by atoms with Crippen molar-refractivity contribution in [2.24, 2.45) is 0 Å². The van der Waals surface area contributed by atoms with E-state index in [9.17, 15) is 0 Å². The van der Waals surface area contributed by atoms with Crippen LogP contribution in [0.3, 0.4) is 0 Å². The van der Waals surface area contributed by atoms with Gasteiger partial charge in [-0.1, -0.05) is 29.8 Å². The number of hydrogen-bond acceptors (Lipinski definition) is 2. The maximum Gasteiger partial charge on any atom is 0.0719 e. The van der Waals surface area contributed by atoms with Crippen molar-refractivity contribution in [3.05, 3.63) is 57.8 Å². The Morgan fingerprint density at radius 1 is 1.17 bits per heavy atom. The lowest BCUT2D eigenvalue weighted by molar-refractivity contribution is 0.939. The van der Waals surface area contributed by atoms with Crippen molar-refractivity contribution < 1.29 is 0 Å². The summed E-state index contributed by atoms with van der Waals surface area (Å²) in [4.78, 5) is 1.28. The summed E-state index contributed by atoms with van der Waals surface area (Å²) in [5.41, 5.74) is 2.61. The molecular weight excluding hydrogens is 280 g/mol. The predicted octanol–water partition coefficient (Wildman–Crippen LogP) is 5.79. The number of thiophene rings is 2. The molecule has 2 aromatic heterocycles. The number of aryl methyl sites for hydroxylation is 1. The largest absolute Gasteiger partial charge is 0.143 e. The van der Waals surface area contributed by atoms with Gasteiger partial charge in [0, 0.05) is 14.3 Å². The van der Waals surface area contributed by atoms with E-state index in [4.69, 9.17) is 11.6 Å². The lowest BCUT2D eigenvalue weighted by Crippen LogP contribution is -1.93. The summed E-state index contributed by atoms with van der Waals surface area (Å²) in [7, 11) is 0. The second kappa shape index (κ2) is 5.04. The van der Waals surface area contributed by atoms with E-state index >= 15 is 0 Å². The van der Waals surface area contributed by atoms with Gasteiger partial charge in [-0.2, -0.15) is 0 Å². The van der Waals surface area contributed by atoms with Crippen molar-refractivity contribution in [2.75, 3.05) is 0 Å². The topological polar surface area (TPSA) is 0 Å². The molecule has 3 rings (SSSR count). The van der Waals surface area contributed by atoms with Gasteiger partial charge in [0.2, 0.25) is 0 Å². The summed E-state index contributed by atoms with van der Waals surface area (Å²) < 4.78 is 2.70. The van der Waals surface area contributed by atoms with Gasteiger partial charge in [-0.3, -0.25) is 0 Å². The van der Waals surface area contributed by atoms with Gasteiger partial charge in [-0.05, 0) is 36.4 Å². The third kappa shape index (κ3) is 2.46. The van der Waals surface area contributed by atoms with E-state index in [1.165, 1.54) is 25.4 Å². The minimum absolute atomic E-state index is 0.0800. The number of fused-ring (bicyclic) bond motifs is 1. The summed E-state index contributed by atoms with van der Waals surface area (Å²) in [5.74, 6) is 0. The zero-order valence-electron chi connectivity index (χ0n) is 10.0. The first-order valence-corrected chi connectivity index (χ1v) is 8.02. The van der Waals surface area contributed by atoms with Gasteiger partial charge in [-0.15, -0.1) is 34.3 Å². The molecule has 3 heteroatoms. The minimum atomic E-state index is 0.0800. The molecule has 0 spiro atoms. The normalized spacial score (nSPS) is 13.0. The fourth-order valence-corrected chi connectivity index (χ4v) is 4.56. The quantitative estimate of drug-likeness (QED) is 0.536. The van der Waals surface area contributed by atoms with Crippen LogP contribution in [0.25, 0.3) is 9.40 Å². The summed E-state index contributed by atoms with van der Waals surface area (Å²) >= 11 is 10.1. The first kappa shape index (κ1) is 12.2. The second-order valence-corrected chi connectivity index (χ2v) is 7.05.